The molecule has 1 aromatic heterocycles. The van der Waals surface area contributed by atoms with Gasteiger partial charge >= 0.3 is 5.95 Å². The van der Waals surface area contributed by atoms with E-state index in [0.717, 1.165) is 4.80 Å². The Morgan fingerprint density at radius 1 is 1.80 bits per heavy atom. The lowest BCUT2D eigenvalue weighted by atomic mass is 10.8. The van der Waals surface area contributed by atoms with Crippen LogP contribution in [0.4, 0.5) is 5.95 Å². The van der Waals surface area contributed by atoms with Crippen molar-refractivity contribution in [2.45, 2.75) is 13.5 Å². The van der Waals surface area contributed by atoms with Crippen molar-refractivity contribution < 1.29 is 4.92 Å². The number of hydrogen-bond acceptors (Lipinski definition) is 5. The van der Waals surface area contributed by atoms with E-state index in [9.17, 15) is 10.1 Å². The lowest BCUT2D eigenvalue weighted by Crippen LogP contribution is -1.98. The van der Waals surface area contributed by atoms with Crippen LogP contribution < -0.4 is 0 Å². The van der Waals surface area contributed by atoms with Gasteiger partial charge in [-0.1, -0.05) is 4.80 Å². The fourth-order valence-corrected chi connectivity index (χ4v) is 0.442. The summed E-state index contributed by atoms with van der Waals surface area (Å²) in [5.41, 5.74) is 0. The average Bonchev–Trinajstić information content (AvgIpc) is 2.34. The highest BCUT2D eigenvalue weighted by atomic mass is 16.6. The summed E-state index contributed by atoms with van der Waals surface area (Å²) in [6.45, 7) is 2.26. The lowest BCUT2D eigenvalue weighted by molar-refractivity contribution is -0.394. The Labute approximate surface area is 55.8 Å². The minimum Gasteiger partial charge on any atom is -0.390 e. The molecule has 0 bridgehead atoms. The summed E-state index contributed by atoms with van der Waals surface area (Å²) in [7, 11) is 0. The van der Waals surface area contributed by atoms with Gasteiger partial charge in [-0.25, -0.2) is 0 Å². The van der Waals surface area contributed by atoms with Gasteiger partial charge in [-0.3, -0.25) is 0 Å². The van der Waals surface area contributed by atoms with Gasteiger partial charge in [-0.15, -0.1) is 0 Å². The fourth-order valence-electron chi connectivity index (χ4n) is 0.442. The molecule has 0 aliphatic heterocycles. The Bertz CT molecular complexity index is 243. The molecule has 1 rings (SSSR count). The molecule has 54 valence electrons. The van der Waals surface area contributed by atoms with Crippen LogP contribution in [0.2, 0.25) is 0 Å². The molecule has 7 heteroatoms. The standard InChI is InChI=1S/C3H5N5O2/c1-2-7-5-3(4-6-7)8(9)10/h2H2,1H3. The molecule has 10 heavy (non-hydrogen) atoms. The van der Waals surface area contributed by atoms with Crippen molar-refractivity contribution in [2.75, 3.05) is 0 Å². The number of nitro groups is 1. The summed E-state index contributed by atoms with van der Waals surface area (Å²) < 4.78 is 0. The number of rotatable bonds is 2. The van der Waals surface area contributed by atoms with Crippen molar-refractivity contribution in [1.29, 1.82) is 0 Å². The van der Waals surface area contributed by atoms with Crippen LogP contribution in [0, 0.1) is 10.1 Å². The highest BCUT2D eigenvalue weighted by Gasteiger charge is 2.13. The zero-order valence-electron chi connectivity index (χ0n) is 5.26. The molecule has 1 aromatic rings. The Kier molecular flexibility index (Phi) is 1.57. The Morgan fingerprint density at radius 2 is 2.50 bits per heavy atom. The van der Waals surface area contributed by atoms with Gasteiger partial charge in [0.1, 0.15) is 0 Å². The number of tetrazole rings is 1. The van der Waals surface area contributed by atoms with E-state index >= 15 is 0 Å². The topological polar surface area (TPSA) is 86.7 Å². The van der Waals surface area contributed by atoms with Gasteiger partial charge in [0, 0.05) is 5.21 Å². The lowest BCUT2D eigenvalue weighted by Gasteiger charge is -1.81. The largest absolute Gasteiger partial charge is 0.514 e. The van der Waals surface area contributed by atoms with E-state index < -0.39 is 10.9 Å². The van der Waals surface area contributed by atoms with E-state index in [4.69, 9.17) is 0 Å². The zero-order valence-corrected chi connectivity index (χ0v) is 5.26. The van der Waals surface area contributed by atoms with Gasteiger partial charge in [0.15, 0.2) is 0 Å². The molecule has 0 amide bonds. The van der Waals surface area contributed by atoms with E-state index in [2.05, 4.69) is 15.4 Å². The molecule has 0 fully saturated rings. The van der Waals surface area contributed by atoms with Crippen molar-refractivity contribution in [2.24, 2.45) is 0 Å². The first-order valence-electron chi connectivity index (χ1n) is 2.66. The maximum Gasteiger partial charge on any atom is 0.514 e. The van der Waals surface area contributed by atoms with Gasteiger partial charge < -0.3 is 10.1 Å². The molecule has 0 N–H and O–H groups in total. The first-order chi connectivity index (χ1) is 4.74. The van der Waals surface area contributed by atoms with E-state index in [1.807, 2.05) is 0 Å². The van der Waals surface area contributed by atoms with Gasteiger partial charge in [-0.05, 0) is 11.8 Å². The predicted molar refractivity (Wildman–Crippen MR) is 30.1 cm³/mol. The SMILES string of the molecule is CCn1nnc([N+](=O)[O-])n1. The number of aromatic nitrogens is 4. The average molecular weight is 143 g/mol. The molecule has 0 aromatic carbocycles. The van der Waals surface area contributed by atoms with Crippen molar-refractivity contribution >= 4 is 5.95 Å². The summed E-state index contributed by atoms with van der Waals surface area (Å²) >= 11 is 0. The van der Waals surface area contributed by atoms with Crippen LogP contribution in [0.3, 0.4) is 0 Å². The molecular weight excluding hydrogens is 138 g/mol. The summed E-state index contributed by atoms with van der Waals surface area (Å²) in [6, 6.07) is 0. The molecule has 7 nitrogen and oxygen atoms in total. The quantitative estimate of drug-likeness (QED) is 0.415. The third kappa shape index (κ3) is 1.07. The molecule has 0 aliphatic rings. The van der Waals surface area contributed by atoms with Crippen LogP contribution in [0.1, 0.15) is 6.92 Å². The maximum absolute atomic E-state index is 9.96. The number of hydrogen-bond donors (Lipinski definition) is 0. The Balaban J connectivity index is 2.88. The molecule has 0 saturated carbocycles. The van der Waals surface area contributed by atoms with Gasteiger partial charge in [-0.2, -0.15) is 0 Å². The molecule has 0 spiro atoms. The van der Waals surface area contributed by atoms with E-state index in [1.54, 1.807) is 6.92 Å². The van der Waals surface area contributed by atoms with Gasteiger partial charge in [0.2, 0.25) is 0 Å². The molecular formula is C3H5N5O2. The first kappa shape index (κ1) is 6.59. The third-order valence-electron chi connectivity index (χ3n) is 0.888. The third-order valence-corrected chi connectivity index (χ3v) is 0.888. The number of nitrogens with zero attached hydrogens (tertiary/aromatic N) is 5. The van der Waals surface area contributed by atoms with E-state index in [0.29, 0.717) is 6.54 Å². The van der Waals surface area contributed by atoms with E-state index in [1.165, 1.54) is 0 Å². The van der Waals surface area contributed by atoms with Crippen LogP contribution >= 0.6 is 0 Å². The van der Waals surface area contributed by atoms with Gasteiger partial charge in [0.25, 0.3) is 0 Å². The van der Waals surface area contributed by atoms with Crippen LogP contribution in [0.5, 0.6) is 0 Å². The number of aryl methyl sites for hydroxylation is 1. The molecule has 1 heterocycles. The molecule has 0 radical (unpaired) electrons. The second kappa shape index (κ2) is 2.38. The smallest absolute Gasteiger partial charge is 0.390 e. The van der Waals surface area contributed by atoms with E-state index in [-0.39, 0.29) is 0 Å². The molecule has 0 atom stereocenters. The monoisotopic (exact) mass is 143 g/mol. The Morgan fingerprint density at radius 3 is 2.80 bits per heavy atom. The first-order valence-corrected chi connectivity index (χ1v) is 2.66. The van der Waals surface area contributed by atoms with Crippen LogP contribution in [-0.4, -0.2) is 25.1 Å². The summed E-state index contributed by atoms with van der Waals surface area (Å²) in [5.74, 6) is -0.457. The van der Waals surface area contributed by atoms with Crippen LogP contribution in [0.15, 0.2) is 0 Å². The summed E-state index contributed by atoms with van der Waals surface area (Å²) in [4.78, 5) is 10.4. The van der Waals surface area contributed by atoms with Crippen molar-refractivity contribution in [3.63, 3.8) is 0 Å². The van der Waals surface area contributed by atoms with Crippen LogP contribution in [-0.2, 0) is 6.54 Å². The second-order valence-electron chi connectivity index (χ2n) is 1.54. The fraction of sp³-hybridized carbons (Fsp3) is 0.667. The van der Waals surface area contributed by atoms with Crippen LogP contribution in [0.25, 0.3) is 0 Å². The zero-order chi connectivity index (χ0) is 7.56. The molecule has 0 aliphatic carbocycles. The Hall–Kier alpha value is -1.53. The van der Waals surface area contributed by atoms with Gasteiger partial charge in [0.05, 0.1) is 16.7 Å². The van der Waals surface area contributed by atoms with Crippen molar-refractivity contribution in [1.82, 2.24) is 20.2 Å². The maximum atomic E-state index is 9.96. The normalized spacial score (nSPS) is 9.70. The minimum absolute atomic E-state index is 0.457. The summed E-state index contributed by atoms with van der Waals surface area (Å²) in [6.07, 6.45) is 0. The highest BCUT2D eigenvalue weighted by Crippen LogP contribution is 1.95. The van der Waals surface area contributed by atoms with Crippen molar-refractivity contribution in [3.8, 4) is 0 Å². The van der Waals surface area contributed by atoms with Crippen molar-refractivity contribution in [3.05, 3.63) is 10.1 Å². The predicted octanol–water partition coefficient (Wildman–Crippen LogP) is -0.399. The summed E-state index contributed by atoms with van der Waals surface area (Å²) in [5, 5.41) is 19.9. The second-order valence-corrected chi connectivity index (χ2v) is 1.54. The minimum atomic E-state index is -0.681. The highest BCUT2D eigenvalue weighted by molar-refractivity contribution is 4.92. The molecule has 0 unspecified atom stereocenters. The molecule has 0 saturated heterocycles.